The van der Waals surface area contributed by atoms with Crippen molar-refractivity contribution in [2.75, 3.05) is 6.54 Å². The van der Waals surface area contributed by atoms with Crippen LogP contribution in [-0.2, 0) is 9.59 Å². The molecular weight excluding hydrogens is 206 g/mol. The Bertz CT molecular complexity index is 363. The maximum Gasteiger partial charge on any atom is 0.231 e. The van der Waals surface area contributed by atoms with Gasteiger partial charge in [0.2, 0.25) is 5.91 Å². The van der Waals surface area contributed by atoms with Gasteiger partial charge in [-0.05, 0) is 13.3 Å². The van der Waals surface area contributed by atoms with Gasteiger partial charge in [-0.15, -0.1) is 6.58 Å². The molecule has 2 rings (SSSR count). The molecule has 0 bridgehead atoms. The standard InChI is InChI=1S/C12H17NO3/c1-4-5-12(3)8(15)6-13-10(12)9(7(2)14)11(13)16/h4,7,9-10,14H,1,5-6H2,2-3H3/t7?,9?,10-,12?/m0/s1. The summed E-state index contributed by atoms with van der Waals surface area (Å²) in [7, 11) is 0. The number of aliphatic hydroxyl groups is 1. The molecule has 2 aliphatic heterocycles. The molecule has 3 unspecified atom stereocenters. The number of amides is 1. The molecule has 2 saturated heterocycles. The van der Waals surface area contributed by atoms with Gasteiger partial charge in [0.1, 0.15) is 0 Å². The minimum atomic E-state index is -0.691. The number of carbonyl (C=O) groups excluding carboxylic acids is 2. The highest BCUT2D eigenvalue weighted by atomic mass is 16.3. The number of aliphatic hydroxyl groups excluding tert-OH is 1. The van der Waals surface area contributed by atoms with Crippen LogP contribution in [0.2, 0.25) is 0 Å². The highest BCUT2D eigenvalue weighted by molar-refractivity contribution is 6.01. The highest BCUT2D eigenvalue weighted by Gasteiger charge is 2.64. The first-order valence-electron chi connectivity index (χ1n) is 5.56. The lowest BCUT2D eigenvalue weighted by Crippen LogP contribution is -2.65. The van der Waals surface area contributed by atoms with Gasteiger partial charge in [0.05, 0.1) is 30.0 Å². The van der Waals surface area contributed by atoms with Crippen LogP contribution < -0.4 is 0 Å². The molecule has 0 saturated carbocycles. The molecule has 2 heterocycles. The number of Topliss-reactive ketones (excluding diaryl/α,β-unsaturated/α-hetero) is 1. The summed E-state index contributed by atoms with van der Waals surface area (Å²) in [6, 6.07) is -0.148. The van der Waals surface area contributed by atoms with Gasteiger partial charge in [0.25, 0.3) is 0 Å². The zero-order valence-corrected chi connectivity index (χ0v) is 9.64. The maximum absolute atomic E-state index is 11.9. The minimum Gasteiger partial charge on any atom is -0.393 e. The Morgan fingerprint density at radius 2 is 2.31 bits per heavy atom. The first-order chi connectivity index (χ1) is 7.43. The smallest absolute Gasteiger partial charge is 0.231 e. The molecule has 16 heavy (non-hydrogen) atoms. The van der Waals surface area contributed by atoms with Gasteiger partial charge < -0.3 is 10.0 Å². The number of allylic oxidation sites excluding steroid dienone is 1. The summed E-state index contributed by atoms with van der Waals surface area (Å²) in [5, 5.41) is 9.59. The van der Waals surface area contributed by atoms with Gasteiger partial charge in [0.15, 0.2) is 5.78 Å². The number of hydrogen-bond acceptors (Lipinski definition) is 3. The van der Waals surface area contributed by atoms with Gasteiger partial charge in [-0.3, -0.25) is 9.59 Å². The van der Waals surface area contributed by atoms with Crippen LogP contribution in [0.1, 0.15) is 20.3 Å². The molecular formula is C12H17NO3. The van der Waals surface area contributed by atoms with E-state index in [0.29, 0.717) is 6.42 Å². The third-order valence-corrected chi connectivity index (χ3v) is 3.94. The lowest BCUT2D eigenvalue weighted by atomic mass is 9.68. The molecule has 0 aromatic heterocycles. The Balaban J connectivity index is 2.31. The number of nitrogens with zero attached hydrogens (tertiary/aromatic N) is 1. The summed E-state index contributed by atoms with van der Waals surface area (Å²) in [6.07, 6.45) is 1.58. The second kappa shape index (κ2) is 3.42. The molecule has 0 radical (unpaired) electrons. The lowest BCUT2D eigenvalue weighted by molar-refractivity contribution is -0.165. The molecule has 4 atom stereocenters. The average molecular weight is 223 g/mol. The third-order valence-electron chi connectivity index (χ3n) is 3.94. The second-order valence-corrected chi connectivity index (χ2v) is 5.01. The fourth-order valence-electron chi connectivity index (χ4n) is 3.00. The number of hydrogen-bond donors (Lipinski definition) is 1. The SMILES string of the molecule is C=CCC1(C)C(=O)CN2C(=O)C(C(C)O)[C@H]21. The van der Waals surface area contributed by atoms with E-state index in [4.69, 9.17) is 0 Å². The molecule has 2 aliphatic rings. The van der Waals surface area contributed by atoms with Crippen molar-refractivity contribution in [2.45, 2.75) is 32.4 Å². The van der Waals surface area contributed by atoms with Gasteiger partial charge in [0, 0.05) is 0 Å². The van der Waals surface area contributed by atoms with E-state index in [9.17, 15) is 14.7 Å². The molecule has 1 N–H and O–H groups in total. The Hall–Kier alpha value is -1.16. The summed E-state index contributed by atoms with van der Waals surface area (Å²) < 4.78 is 0. The topological polar surface area (TPSA) is 57.6 Å². The van der Waals surface area contributed by atoms with E-state index in [1.54, 1.807) is 17.9 Å². The largest absolute Gasteiger partial charge is 0.393 e. The van der Waals surface area contributed by atoms with Gasteiger partial charge in [-0.25, -0.2) is 0 Å². The summed E-state index contributed by atoms with van der Waals surface area (Å²) in [5.74, 6) is -0.438. The van der Waals surface area contributed by atoms with Crippen LogP contribution in [0.5, 0.6) is 0 Å². The van der Waals surface area contributed by atoms with Gasteiger partial charge in [-0.1, -0.05) is 13.0 Å². The molecule has 1 amide bonds. The third kappa shape index (κ3) is 1.19. The molecule has 4 nitrogen and oxygen atoms in total. The average Bonchev–Trinajstić information content (AvgIpc) is 2.40. The molecule has 88 valence electrons. The Kier molecular flexibility index (Phi) is 2.42. The van der Waals surface area contributed by atoms with Crippen LogP contribution in [0.15, 0.2) is 12.7 Å². The molecule has 0 aromatic rings. The van der Waals surface area contributed by atoms with E-state index in [-0.39, 0.29) is 24.3 Å². The lowest BCUT2D eigenvalue weighted by Gasteiger charge is -2.48. The van der Waals surface area contributed by atoms with Crippen molar-refractivity contribution in [2.24, 2.45) is 11.3 Å². The molecule has 0 spiro atoms. The van der Waals surface area contributed by atoms with E-state index in [0.717, 1.165) is 0 Å². The Morgan fingerprint density at radius 3 is 2.81 bits per heavy atom. The van der Waals surface area contributed by atoms with Crippen LogP contribution in [0.3, 0.4) is 0 Å². The zero-order chi connectivity index (χ0) is 12.1. The van der Waals surface area contributed by atoms with Crippen LogP contribution in [0, 0.1) is 11.3 Å². The van der Waals surface area contributed by atoms with E-state index in [2.05, 4.69) is 6.58 Å². The predicted octanol–water partition coefficient (Wildman–Crippen LogP) is 0.359. The number of carbonyl (C=O) groups is 2. The number of ketones is 1. The van der Waals surface area contributed by atoms with E-state index in [1.807, 2.05) is 6.92 Å². The first-order valence-corrected chi connectivity index (χ1v) is 5.56. The normalized spacial score (nSPS) is 39.3. The summed E-state index contributed by atoms with van der Waals surface area (Å²) >= 11 is 0. The van der Waals surface area contributed by atoms with Gasteiger partial charge >= 0.3 is 0 Å². The number of β-lactam (4-membered cyclic amide) rings is 1. The molecule has 2 fully saturated rings. The molecule has 0 aromatic carbocycles. The van der Waals surface area contributed by atoms with Crippen LogP contribution in [-0.4, -0.2) is 40.4 Å². The summed E-state index contributed by atoms with van der Waals surface area (Å²) in [4.78, 5) is 25.2. The van der Waals surface area contributed by atoms with Crippen molar-refractivity contribution in [3.63, 3.8) is 0 Å². The number of rotatable bonds is 3. The number of fused-ring (bicyclic) bond motifs is 1. The summed E-state index contributed by atoms with van der Waals surface area (Å²) in [6.45, 7) is 7.32. The minimum absolute atomic E-state index is 0.0777. The predicted molar refractivity (Wildman–Crippen MR) is 58.6 cm³/mol. The first kappa shape index (κ1) is 11.3. The molecule has 0 aliphatic carbocycles. The Labute approximate surface area is 94.9 Å². The summed E-state index contributed by atoms with van der Waals surface area (Å²) in [5.41, 5.74) is -0.558. The van der Waals surface area contributed by atoms with Crippen LogP contribution >= 0.6 is 0 Å². The van der Waals surface area contributed by atoms with Crippen molar-refractivity contribution >= 4 is 11.7 Å². The quantitative estimate of drug-likeness (QED) is 0.555. The molecule has 4 heteroatoms. The maximum atomic E-state index is 11.9. The monoisotopic (exact) mass is 223 g/mol. The van der Waals surface area contributed by atoms with Crippen LogP contribution in [0.4, 0.5) is 0 Å². The van der Waals surface area contributed by atoms with Gasteiger partial charge in [-0.2, -0.15) is 0 Å². The van der Waals surface area contributed by atoms with E-state index in [1.165, 1.54) is 0 Å². The second-order valence-electron chi connectivity index (χ2n) is 5.01. The fourth-order valence-corrected chi connectivity index (χ4v) is 3.00. The van der Waals surface area contributed by atoms with Crippen molar-refractivity contribution in [3.8, 4) is 0 Å². The van der Waals surface area contributed by atoms with Crippen molar-refractivity contribution < 1.29 is 14.7 Å². The van der Waals surface area contributed by atoms with E-state index < -0.39 is 17.4 Å². The zero-order valence-electron chi connectivity index (χ0n) is 9.64. The highest BCUT2D eigenvalue weighted by Crippen LogP contribution is 2.48. The van der Waals surface area contributed by atoms with Crippen molar-refractivity contribution in [1.29, 1.82) is 0 Å². The fraction of sp³-hybridized carbons (Fsp3) is 0.667. The van der Waals surface area contributed by atoms with E-state index >= 15 is 0 Å². The van der Waals surface area contributed by atoms with Crippen molar-refractivity contribution in [1.82, 2.24) is 4.90 Å². The van der Waals surface area contributed by atoms with Crippen LogP contribution in [0.25, 0.3) is 0 Å². The Morgan fingerprint density at radius 1 is 1.69 bits per heavy atom. The van der Waals surface area contributed by atoms with Crippen molar-refractivity contribution in [3.05, 3.63) is 12.7 Å².